The molecule has 1 unspecified atom stereocenters. The van der Waals surface area contributed by atoms with Crippen molar-refractivity contribution in [3.05, 3.63) is 28.2 Å². The van der Waals surface area contributed by atoms with E-state index in [0.29, 0.717) is 15.7 Å². The van der Waals surface area contributed by atoms with Gasteiger partial charge in [-0.05, 0) is 25.1 Å². The van der Waals surface area contributed by atoms with Gasteiger partial charge in [0.2, 0.25) is 5.91 Å². The molecule has 1 aliphatic rings. The maximum atomic E-state index is 12.1. The number of thioether (sulfide) groups is 2. The Morgan fingerprint density at radius 3 is 3.00 bits per heavy atom. The minimum Gasteiger partial charge on any atom is -0.324 e. The molecule has 1 aliphatic heterocycles. The van der Waals surface area contributed by atoms with E-state index in [1.54, 1.807) is 30.0 Å². The Labute approximate surface area is 130 Å². The molecule has 0 radical (unpaired) electrons. The van der Waals surface area contributed by atoms with E-state index in [-0.39, 0.29) is 11.2 Å². The van der Waals surface area contributed by atoms with Crippen molar-refractivity contribution in [2.75, 3.05) is 17.6 Å². The van der Waals surface area contributed by atoms with Crippen LogP contribution in [0.2, 0.25) is 10.0 Å². The van der Waals surface area contributed by atoms with Crippen molar-refractivity contribution in [2.24, 2.45) is 4.99 Å². The van der Waals surface area contributed by atoms with Gasteiger partial charge >= 0.3 is 0 Å². The largest absolute Gasteiger partial charge is 0.324 e. The standard InChI is InChI=1S/C12H12Cl2N2OS2/c1-7(19-12-15-4-5-18-12)11(17)16-10-6-8(13)2-3-9(10)14/h2-3,6-7H,4-5H2,1H3,(H,16,17). The molecule has 0 saturated heterocycles. The first-order valence-corrected chi connectivity index (χ1v) is 8.28. The van der Waals surface area contributed by atoms with Crippen LogP contribution in [-0.4, -0.2) is 27.8 Å². The van der Waals surface area contributed by atoms with E-state index in [0.717, 1.165) is 16.7 Å². The number of aliphatic imine (C=N–C) groups is 1. The fourth-order valence-corrected chi connectivity index (χ4v) is 3.89. The molecule has 1 aromatic carbocycles. The Morgan fingerprint density at radius 2 is 2.32 bits per heavy atom. The average Bonchev–Trinajstić information content (AvgIpc) is 2.86. The third kappa shape index (κ3) is 4.31. The second-order valence-corrected chi connectivity index (χ2v) is 7.38. The zero-order valence-corrected chi connectivity index (χ0v) is 13.3. The molecule has 102 valence electrons. The third-order valence-corrected chi connectivity index (χ3v) is 5.26. The van der Waals surface area contributed by atoms with E-state index in [9.17, 15) is 4.79 Å². The first-order valence-electron chi connectivity index (χ1n) is 5.66. The van der Waals surface area contributed by atoms with Gasteiger partial charge in [0, 0.05) is 10.8 Å². The molecule has 1 aromatic rings. The highest BCUT2D eigenvalue weighted by atomic mass is 35.5. The number of anilines is 1. The molecule has 0 aliphatic carbocycles. The predicted octanol–water partition coefficient (Wildman–Crippen LogP) is 4.16. The van der Waals surface area contributed by atoms with E-state index in [2.05, 4.69) is 10.3 Å². The molecule has 1 atom stereocenters. The lowest BCUT2D eigenvalue weighted by atomic mass is 10.3. The molecule has 0 spiro atoms. The molecule has 0 bridgehead atoms. The van der Waals surface area contributed by atoms with E-state index < -0.39 is 0 Å². The van der Waals surface area contributed by atoms with E-state index in [4.69, 9.17) is 23.2 Å². The second kappa shape index (κ2) is 6.88. The lowest BCUT2D eigenvalue weighted by Crippen LogP contribution is -2.23. The van der Waals surface area contributed by atoms with Crippen LogP contribution in [0.4, 0.5) is 5.69 Å². The molecule has 1 heterocycles. The van der Waals surface area contributed by atoms with Gasteiger partial charge in [0.1, 0.15) is 4.38 Å². The summed E-state index contributed by atoms with van der Waals surface area (Å²) in [6.45, 7) is 2.68. The first-order chi connectivity index (χ1) is 9.06. The monoisotopic (exact) mass is 334 g/mol. The number of carbonyl (C=O) groups is 1. The van der Waals surface area contributed by atoms with Gasteiger partial charge in [-0.3, -0.25) is 9.79 Å². The first kappa shape index (κ1) is 15.0. The van der Waals surface area contributed by atoms with Crippen LogP contribution < -0.4 is 5.32 Å². The minimum atomic E-state index is -0.223. The number of hydrogen-bond acceptors (Lipinski definition) is 4. The molecule has 7 heteroatoms. The normalized spacial score (nSPS) is 16.1. The smallest absolute Gasteiger partial charge is 0.237 e. The summed E-state index contributed by atoms with van der Waals surface area (Å²) >= 11 is 15.0. The van der Waals surface area contributed by atoms with Crippen LogP contribution in [0.3, 0.4) is 0 Å². The third-order valence-electron chi connectivity index (χ3n) is 2.39. The van der Waals surface area contributed by atoms with Crippen LogP contribution in [0, 0.1) is 0 Å². The van der Waals surface area contributed by atoms with Crippen molar-refractivity contribution in [2.45, 2.75) is 12.2 Å². The van der Waals surface area contributed by atoms with Gasteiger partial charge in [0.25, 0.3) is 0 Å². The number of nitrogens with zero attached hydrogens (tertiary/aromatic N) is 1. The molecule has 3 nitrogen and oxygen atoms in total. The van der Waals surface area contributed by atoms with Gasteiger partial charge in [-0.1, -0.05) is 46.7 Å². The topological polar surface area (TPSA) is 41.5 Å². The number of carbonyl (C=O) groups excluding carboxylic acids is 1. The average molecular weight is 335 g/mol. The number of benzene rings is 1. The van der Waals surface area contributed by atoms with Crippen molar-refractivity contribution in [3.8, 4) is 0 Å². The van der Waals surface area contributed by atoms with E-state index in [1.807, 2.05) is 6.92 Å². The van der Waals surface area contributed by atoms with Gasteiger partial charge in [-0.2, -0.15) is 0 Å². The van der Waals surface area contributed by atoms with Crippen molar-refractivity contribution in [1.29, 1.82) is 0 Å². The lowest BCUT2D eigenvalue weighted by Gasteiger charge is -2.12. The minimum absolute atomic E-state index is 0.107. The molecule has 1 N–H and O–H groups in total. The number of nitrogens with one attached hydrogen (secondary N) is 1. The van der Waals surface area contributed by atoms with Crippen LogP contribution in [0.5, 0.6) is 0 Å². The zero-order chi connectivity index (χ0) is 13.8. The van der Waals surface area contributed by atoms with Crippen molar-refractivity contribution in [1.82, 2.24) is 0 Å². The Morgan fingerprint density at radius 1 is 1.53 bits per heavy atom. The Hall–Kier alpha value is -0.360. The Kier molecular flexibility index (Phi) is 5.45. The van der Waals surface area contributed by atoms with E-state index in [1.165, 1.54) is 11.8 Å². The van der Waals surface area contributed by atoms with Crippen LogP contribution in [0.1, 0.15) is 6.92 Å². The highest BCUT2D eigenvalue weighted by Gasteiger charge is 2.19. The van der Waals surface area contributed by atoms with Gasteiger partial charge in [0.15, 0.2) is 0 Å². The van der Waals surface area contributed by atoms with Crippen LogP contribution in [0.25, 0.3) is 0 Å². The quantitative estimate of drug-likeness (QED) is 0.902. The number of amides is 1. The summed E-state index contributed by atoms with van der Waals surface area (Å²) in [7, 11) is 0. The van der Waals surface area contributed by atoms with Crippen molar-refractivity contribution < 1.29 is 4.79 Å². The van der Waals surface area contributed by atoms with Gasteiger partial charge in [0.05, 0.1) is 22.5 Å². The summed E-state index contributed by atoms with van der Waals surface area (Å²) in [4.78, 5) is 16.4. The highest BCUT2D eigenvalue weighted by molar-refractivity contribution is 8.39. The molecule has 1 amide bonds. The van der Waals surface area contributed by atoms with E-state index >= 15 is 0 Å². The SMILES string of the molecule is CC(SC1=NCCS1)C(=O)Nc1cc(Cl)ccc1Cl. The van der Waals surface area contributed by atoms with Gasteiger partial charge < -0.3 is 5.32 Å². The van der Waals surface area contributed by atoms with Crippen molar-refractivity contribution in [3.63, 3.8) is 0 Å². The lowest BCUT2D eigenvalue weighted by molar-refractivity contribution is -0.115. The summed E-state index contributed by atoms with van der Waals surface area (Å²) in [5.41, 5.74) is 0.535. The second-order valence-electron chi connectivity index (χ2n) is 3.87. The maximum Gasteiger partial charge on any atom is 0.237 e. The Bertz CT molecular complexity index is 522. The fourth-order valence-electron chi connectivity index (χ4n) is 1.42. The number of halogens is 2. The summed E-state index contributed by atoms with van der Waals surface area (Å²) in [6.07, 6.45) is 0. The molecule has 19 heavy (non-hydrogen) atoms. The summed E-state index contributed by atoms with van der Waals surface area (Å²) < 4.78 is 0.972. The molecular weight excluding hydrogens is 323 g/mol. The highest BCUT2D eigenvalue weighted by Crippen LogP contribution is 2.28. The summed E-state index contributed by atoms with van der Waals surface area (Å²) in [5.74, 6) is 0.890. The molecule has 0 aromatic heterocycles. The predicted molar refractivity (Wildman–Crippen MR) is 86.9 cm³/mol. The Balaban J connectivity index is 1.97. The fraction of sp³-hybridized carbons (Fsp3) is 0.333. The van der Waals surface area contributed by atoms with Gasteiger partial charge in [-0.25, -0.2) is 0 Å². The molecule has 2 rings (SSSR count). The number of rotatable bonds is 3. The van der Waals surface area contributed by atoms with Crippen LogP contribution in [-0.2, 0) is 4.79 Å². The van der Waals surface area contributed by atoms with Crippen LogP contribution in [0.15, 0.2) is 23.2 Å². The van der Waals surface area contributed by atoms with Crippen molar-refractivity contribution >= 4 is 62.7 Å². The zero-order valence-electron chi connectivity index (χ0n) is 10.2. The maximum absolute atomic E-state index is 12.1. The van der Waals surface area contributed by atoms with Gasteiger partial charge in [-0.15, -0.1) is 0 Å². The molecule has 0 fully saturated rings. The molecule has 0 saturated carbocycles. The molecular formula is C12H12Cl2N2OS2. The summed E-state index contributed by atoms with van der Waals surface area (Å²) in [6, 6.07) is 4.98. The van der Waals surface area contributed by atoms with Crippen LogP contribution >= 0.6 is 46.7 Å². The number of hydrogen-bond donors (Lipinski definition) is 1. The summed E-state index contributed by atoms with van der Waals surface area (Å²) in [5, 5.41) is 3.57.